The summed E-state index contributed by atoms with van der Waals surface area (Å²) in [5.74, 6) is 1.07. The molecule has 8 heteroatoms. The lowest BCUT2D eigenvalue weighted by atomic mass is 10.2. The van der Waals surface area contributed by atoms with Gasteiger partial charge in [-0.2, -0.15) is 14.4 Å². The van der Waals surface area contributed by atoms with Crippen LogP contribution in [0.25, 0.3) is 0 Å². The highest BCUT2D eigenvalue weighted by Crippen LogP contribution is 2.41. The molecule has 0 radical (unpaired) electrons. The molecule has 0 saturated carbocycles. The van der Waals surface area contributed by atoms with E-state index in [9.17, 15) is 4.39 Å². The third-order valence-electron chi connectivity index (χ3n) is 4.71. The fourth-order valence-corrected chi connectivity index (χ4v) is 3.84. The van der Waals surface area contributed by atoms with Crippen LogP contribution in [0.3, 0.4) is 0 Å². The Kier molecular flexibility index (Phi) is 4.86. The smallest absolute Gasteiger partial charge is 0.312 e. The molecule has 2 aliphatic rings. The Bertz CT molecular complexity index is 782. The molecule has 0 spiro atoms. The first kappa shape index (κ1) is 17.4. The molecule has 1 atom stereocenters. The van der Waals surface area contributed by atoms with Crippen LogP contribution in [0.2, 0.25) is 0 Å². The summed E-state index contributed by atoms with van der Waals surface area (Å²) in [6.45, 7) is 1.35. The van der Waals surface area contributed by atoms with E-state index in [0.717, 1.165) is 37.2 Å². The van der Waals surface area contributed by atoms with Gasteiger partial charge in [0.2, 0.25) is 0 Å². The Morgan fingerprint density at radius 3 is 2.73 bits per heavy atom. The molecule has 2 aromatic rings. The maximum atomic E-state index is 14.2. The van der Waals surface area contributed by atoms with Crippen molar-refractivity contribution in [3.8, 4) is 0 Å². The van der Waals surface area contributed by atoms with Crippen molar-refractivity contribution in [1.29, 1.82) is 0 Å². The number of fused-ring (bicyclic) bond motifs is 1. The van der Waals surface area contributed by atoms with E-state index in [2.05, 4.69) is 15.3 Å². The number of anilines is 4. The van der Waals surface area contributed by atoms with Crippen LogP contribution in [0, 0.1) is 6.08 Å². The zero-order valence-corrected chi connectivity index (χ0v) is 15.7. The van der Waals surface area contributed by atoms with Crippen LogP contribution >= 0.6 is 11.8 Å². The summed E-state index contributed by atoms with van der Waals surface area (Å²) in [7, 11) is 1.96. The van der Waals surface area contributed by atoms with Crippen molar-refractivity contribution in [2.75, 3.05) is 41.7 Å². The normalized spacial score (nSPS) is 19.6. The van der Waals surface area contributed by atoms with Crippen molar-refractivity contribution in [1.82, 2.24) is 9.97 Å². The molecule has 6 nitrogen and oxygen atoms in total. The number of nitrogens with one attached hydrogen (secondary N) is 1. The first-order valence-electron chi connectivity index (χ1n) is 8.73. The van der Waals surface area contributed by atoms with E-state index in [4.69, 9.17) is 4.74 Å². The molecule has 0 amide bonds. The minimum absolute atomic E-state index is 0.0598. The van der Waals surface area contributed by atoms with Gasteiger partial charge in [0.25, 0.3) is 0 Å². The zero-order valence-electron chi connectivity index (χ0n) is 14.9. The number of aromatic nitrogens is 2. The van der Waals surface area contributed by atoms with E-state index in [0.29, 0.717) is 18.3 Å². The number of hydrogen-bond acceptors (Lipinski definition) is 7. The summed E-state index contributed by atoms with van der Waals surface area (Å²) in [6.07, 6.45) is 4.35. The fraction of sp³-hybridized carbons (Fsp3) is 0.444. The van der Waals surface area contributed by atoms with E-state index in [1.807, 2.05) is 47.4 Å². The minimum Gasteiger partial charge on any atom is -0.358 e. The lowest BCUT2D eigenvalue weighted by Crippen LogP contribution is -2.41. The van der Waals surface area contributed by atoms with E-state index in [1.54, 1.807) is 11.8 Å². The van der Waals surface area contributed by atoms with Crippen molar-refractivity contribution >= 4 is 34.8 Å². The summed E-state index contributed by atoms with van der Waals surface area (Å²) in [6, 6.07) is 7.98. The van der Waals surface area contributed by atoms with E-state index < -0.39 is 6.08 Å². The van der Waals surface area contributed by atoms with Gasteiger partial charge in [-0.05, 0) is 49.8 Å². The number of hydrogen-bond donors (Lipinski definition) is 1. The van der Waals surface area contributed by atoms with E-state index >= 15 is 0 Å². The third-order valence-corrected chi connectivity index (χ3v) is 5.46. The maximum absolute atomic E-state index is 14.2. The average molecular weight is 375 g/mol. The Labute approximate surface area is 156 Å². The van der Waals surface area contributed by atoms with Gasteiger partial charge in [0.05, 0.1) is 6.67 Å². The molecule has 1 saturated heterocycles. The molecule has 4 rings (SSSR count). The van der Waals surface area contributed by atoms with Crippen molar-refractivity contribution in [2.45, 2.75) is 30.4 Å². The van der Waals surface area contributed by atoms with Crippen LogP contribution in [0.1, 0.15) is 19.3 Å². The highest BCUT2D eigenvalue weighted by molar-refractivity contribution is 7.98. The second kappa shape index (κ2) is 7.28. The fourth-order valence-electron chi connectivity index (χ4n) is 3.43. The number of ether oxygens (including phenoxy) is 1. The number of thioether (sulfide) groups is 1. The Hall–Kier alpha value is -2.06. The van der Waals surface area contributed by atoms with Crippen LogP contribution < -0.4 is 15.1 Å². The molecule has 1 unspecified atom stereocenters. The monoisotopic (exact) mass is 375 g/mol. The molecule has 0 bridgehead atoms. The van der Waals surface area contributed by atoms with Gasteiger partial charge in [-0.25, -0.2) is 0 Å². The van der Waals surface area contributed by atoms with Crippen molar-refractivity contribution in [2.24, 2.45) is 0 Å². The molecule has 26 heavy (non-hydrogen) atoms. The molecular formula is C18H22FN5OS. The van der Waals surface area contributed by atoms with Crippen molar-refractivity contribution in [3.05, 3.63) is 30.3 Å². The highest BCUT2D eigenvalue weighted by atomic mass is 32.2. The van der Waals surface area contributed by atoms with Crippen molar-refractivity contribution < 1.29 is 9.13 Å². The van der Waals surface area contributed by atoms with Crippen LogP contribution in [-0.4, -0.2) is 42.8 Å². The van der Waals surface area contributed by atoms with Gasteiger partial charge in [0, 0.05) is 24.2 Å². The van der Waals surface area contributed by atoms with Gasteiger partial charge in [-0.1, -0.05) is 0 Å². The standard InChI is InChI=1S/C18H22FN5OS/c1-23-11-24(14-5-3-4-10-25-14)17-15(23)16(21-18(19)22-17)20-12-6-8-13(26-2)9-7-12/h6-9,14H,3-5,10-11H2,1-2H3,(H,20,21,22). The molecule has 1 aromatic carbocycles. The predicted molar refractivity (Wildman–Crippen MR) is 103 cm³/mol. The van der Waals surface area contributed by atoms with Crippen LogP contribution in [-0.2, 0) is 4.74 Å². The number of halogens is 1. The largest absolute Gasteiger partial charge is 0.358 e. The van der Waals surface area contributed by atoms with Gasteiger partial charge >= 0.3 is 6.08 Å². The van der Waals surface area contributed by atoms with Gasteiger partial charge in [-0.15, -0.1) is 11.8 Å². The molecule has 2 aliphatic heterocycles. The van der Waals surface area contributed by atoms with E-state index in [-0.39, 0.29) is 6.23 Å². The Balaban J connectivity index is 1.66. The number of rotatable bonds is 4. The van der Waals surface area contributed by atoms with Crippen molar-refractivity contribution in [3.63, 3.8) is 0 Å². The summed E-state index contributed by atoms with van der Waals surface area (Å²) in [5.41, 5.74) is 1.67. The summed E-state index contributed by atoms with van der Waals surface area (Å²) in [4.78, 5) is 13.3. The molecule has 0 aliphatic carbocycles. The van der Waals surface area contributed by atoms with Gasteiger partial charge in [0.15, 0.2) is 11.6 Å². The first-order chi connectivity index (χ1) is 12.7. The topological polar surface area (TPSA) is 53.5 Å². The molecule has 1 N–H and O–H groups in total. The maximum Gasteiger partial charge on any atom is 0.312 e. The predicted octanol–water partition coefficient (Wildman–Crippen LogP) is 3.82. The minimum atomic E-state index is -0.733. The van der Waals surface area contributed by atoms with Gasteiger partial charge in [0.1, 0.15) is 11.9 Å². The first-order valence-corrected chi connectivity index (χ1v) is 9.96. The third kappa shape index (κ3) is 3.31. The number of benzene rings is 1. The lowest BCUT2D eigenvalue weighted by Gasteiger charge is -2.31. The number of nitrogens with zero attached hydrogens (tertiary/aromatic N) is 4. The second-order valence-corrected chi connectivity index (χ2v) is 7.38. The molecule has 3 heterocycles. The van der Waals surface area contributed by atoms with Gasteiger partial charge in [-0.3, -0.25) is 0 Å². The molecular weight excluding hydrogens is 353 g/mol. The molecule has 1 fully saturated rings. The average Bonchev–Trinajstić information content (AvgIpc) is 2.99. The van der Waals surface area contributed by atoms with E-state index in [1.165, 1.54) is 4.90 Å². The summed E-state index contributed by atoms with van der Waals surface area (Å²) < 4.78 is 20.0. The quantitative estimate of drug-likeness (QED) is 0.644. The zero-order chi connectivity index (χ0) is 18.1. The Morgan fingerprint density at radius 2 is 2.04 bits per heavy atom. The highest BCUT2D eigenvalue weighted by Gasteiger charge is 2.35. The lowest BCUT2D eigenvalue weighted by molar-refractivity contribution is 0.0150. The van der Waals surface area contributed by atoms with Crippen LogP contribution in [0.4, 0.5) is 27.4 Å². The van der Waals surface area contributed by atoms with Crippen LogP contribution in [0.5, 0.6) is 0 Å². The summed E-state index contributed by atoms with van der Waals surface area (Å²) in [5, 5.41) is 3.24. The summed E-state index contributed by atoms with van der Waals surface area (Å²) >= 11 is 1.68. The second-order valence-electron chi connectivity index (χ2n) is 6.50. The molecule has 138 valence electrons. The molecule has 1 aromatic heterocycles. The Morgan fingerprint density at radius 1 is 1.23 bits per heavy atom. The SMILES string of the molecule is CSc1ccc(Nc2nc(F)nc3c2N(C)CN3C2CCCCO2)cc1. The van der Waals surface area contributed by atoms with Gasteiger partial charge < -0.3 is 19.9 Å². The van der Waals surface area contributed by atoms with Crippen LogP contribution in [0.15, 0.2) is 29.2 Å².